The van der Waals surface area contributed by atoms with Crippen LogP contribution in [0, 0.1) is 5.92 Å². The van der Waals surface area contributed by atoms with Crippen molar-refractivity contribution in [2.75, 3.05) is 0 Å². The minimum atomic E-state index is -0.216. The highest BCUT2D eigenvalue weighted by Crippen LogP contribution is 2.22. The summed E-state index contributed by atoms with van der Waals surface area (Å²) >= 11 is 3.38. The molecule has 90 valence electrons. The second-order valence-electron chi connectivity index (χ2n) is 4.23. The lowest BCUT2D eigenvalue weighted by molar-refractivity contribution is 0.325. The van der Waals surface area contributed by atoms with Gasteiger partial charge < -0.3 is 10.3 Å². The van der Waals surface area contributed by atoms with E-state index < -0.39 is 0 Å². The molecule has 0 aliphatic rings. The average Bonchev–Trinajstić information content (AvgIpc) is 2.78. The molecule has 1 heterocycles. The van der Waals surface area contributed by atoms with Gasteiger partial charge in [-0.25, -0.2) is 0 Å². The van der Waals surface area contributed by atoms with E-state index in [4.69, 9.17) is 10.3 Å². The molecule has 0 bridgehead atoms. The second kappa shape index (κ2) is 4.98. The number of aromatic nitrogens is 2. The van der Waals surface area contributed by atoms with E-state index in [-0.39, 0.29) is 12.0 Å². The van der Waals surface area contributed by atoms with E-state index in [0.717, 1.165) is 10.0 Å². The summed E-state index contributed by atoms with van der Waals surface area (Å²) in [6.07, 6.45) is 0. The predicted octanol–water partition coefficient (Wildman–Crippen LogP) is 3.15. The number of nitrogens with zero attached hydrogens (tertiary/aromatic N) is 2. The largest absolute Gasteiger partial charge is 0.337 e. The molecule has 2 aromatic rings. The van der Waals surface area contributed by atoms with Crippen LogP contribution in [0.15, 0.2) is 33.3 Å². The van der Waals surface area contributed by atoms with Gasteiger partial charge in [-0.05, 0) is 30.2 Å². The number of hydrogen-bond acceptors (Lipinski definition) is 4. The van der Waals surface area contributed by atoms with Gasteiger partial charge in [0.25, 0.3) is 0 Å². The van der Waals surface area contributed by atoms with E-state index in [1.807, 2.05) is 38.1 Å². The summed E-state index contributed by atoms with van der Waals surface area (Å²) in [4.78, 5) is 4.31. The van der Waals surface area contributed by atoms with Crippen LogP contribution in [0.4, 0.5) is 0 Å². The lowest BCUT2D eigenvalue weighted by Crippen LogP contribution is -2.16. The SMILES string of the molecule is CC(C)[C@H](N)c1nc(-c2ccc(Br)cc2)no1. The van der Waals surface area contributed by atoms with E-state index in [9.17, 15) is 0 Å². The standard InChI is InChI=1S/C12H14BrN3O/c1-7(2)10(14)12-15-11(16-17-12)8-3-5-9(13)6-4-8/h3-7,10H,14H2,1-2H3/t10-/m0/s1. The molecule has 4 nitrogen and oxygen atoms in total. The number of hydrogen-bond donors (Lipinski definition) is 1. The van der Waals surface area contributed by atoms with Crippen LogP contribution in [-0.2, 0) is 0 Å². The van der Waals surface area contributed by atoms with Gasteiger partial charge in [-0.2, -0.15) is 4.98 Å². The van der Waals surface area contributed by atoms with Crippen molar-refractivity contribution in [1.82, 2.24) is 10.1 Å². The van der Waals surface area contributed by atoms with Gasteiger partial charge in [0, 0.05) is 10.0 Å². The van der Waals surface area contributed by atoms with Crippen molar-refractivity contribution in [1.29, 1.82) is 0 Å². The highest BCUT2D eigenvalue weighted by molar-refractivity contribution is 9.10. The smallest absolute Gasteiger partial charge is 0.244 e. The molecule has 0 amide bonds. The predicted molar refractivity (Wildman–Crippen MR) is 69.2 cm³/mol. The lowest BCUT2D eigenvalue weighted by Gasteiger charge is -2.09. The first-order valence-electron chi connectivity index (χ1n) is 5.43. The Labute approximate surface area is 108 Å². The van der Waals surface area contributed by atoms with Gasteiger partial charge in [0.05, 0.1) is 6.04 Å². The summed E-state index contributed by atoms with van der Waals surface area (Å²) in [5.41, 5.74) is 6.87. The highest BCUT2D eigenvalue weighted by atomic mass is 79.9. The van der Waals surface area contributed by atoms with E-state index in [2.05, 4.69) is 26.1 Å². The first-order chi connectivity index (χ1) is 8.08. The highest BCUT2D eigenvalue weighted by Gasteiger charge is 2.18. The molecule has 0 saturated carbocycles. The van der Waals surface area contributed by atoms with Crippen LogP contribution < -0.4 is 5.73 Å². The fraction of sp³-hybridized carbons (Fsp3) is 0.333. The van der Waals surface area contributed by atoms with Crippen LogP contribution in [0.2, 0.25) is 0 Å². The molecule has 1 aromatic carbocycles. The molecule has 0 saturated heterocycles. The Hall–Kier alpha value is -1.20. The van der Waals surface area contributed by atoms with Gasteiger partial charge >= 0.3 is 0 Å². The normalized spacial score (nSPS) is 13.0. The Bertz CT molecular complexity index is 493. The lowest BCUT2D eigenvalue weighted by atomic mass is 10.1. The number of halogens is 1. The summed E-state index contributed by atoms with van der Waals surface area (Å²) in [5, 5.41) is 3.94. The van der Waals surface area contributed by atoms with Gasteiger partial charge in [0.2, 0.25) is 11.7 Å². The van der Waals surface area contributed by atoms with Crippen LogP contribution in [0.5, 0.6) is 0 Å². The molecule has 0 fully saturated rings. The maximum atomic E-state index is 5.95. The Morgan fingerprint density at radius 2 is 1.88 bits per heavy atom. The maximum Gasteiger partial charge on any atom is 0.244 e. The third-order valence-electron chi connectivity index (χ3n) is 2.55. The summed E-state index contributed by atoms with van der Waals surface area (Å²) < 4.78 is 6.19. The van der Waals surface area contributed by atoms with Crippen molar-refractivity contribution < 1.29 is 4.52 Å². The van der Waals surface area contributed by atoms with Crippen LogP contribution in [0.3, 0.4) is 0 Å². The van der Waals surface area contributed by atoms with Crippen molar-refractivity contribution in [3.05, 3.63) is 34.6 Å². The maximum absolute atomic E-state index is 5.95. The molecule has 2 N–H and O–H groups in total. The number of rotatable bonds is 3. The molecule has 1 aromatic heterocycles. The molecule has 5 heteroatoms. The monoisotopic (exact) mass is 295 g/mol. The second-order valence-corrected chi connectivity index (χ2v) is 5.15. The summed E-state index contributed by atoms with van der Waals surface area (Å²) in [7, 11) is 0. The zero-order valence-electron chi connectivity index (χ0n) is 9.72. The molecule has 2 rings (SSSR count). The Morgan fingerprint density at radius 3 is 2.47 bits per heavy atom. The van der Waals surface area contributed by atoms with Crippen LogP contribution in [-0.4, -0.2) is 10.1 Å². The number of nitrogens with two attached hydrogens (primary N) is 1. The zero-order chi connectivity index (χ0) is 12.4. The summed E-state index contributed by atoms with van der Waals surface area (Å²) in [6, 6.07) is 7.52. The molecular weight excluding hydrogens is 282 g/mol. The third kappa shape index (κ3) is 2.73. The molecule has 0 radical (unpaired) electrons. The zero-order valence-corrected chi connectivity index (χ0v) is 11.3. The van der Waals surface area contributed by atoms with Gasteiger partial charge in [-0.1, -0.05) is 34.9 Å². The van der Waals surface area contributed by atoms with Crippen LogP contribution in [0.25, 0.3) is 11.4 Å². The van der Waals surface area contributed by atoms with E-state index in [1.54, 1.807) is 0 Å². The fourth-order valence-corrected chi connectivity index (χ4v) is 1.64. The van der Waals surface area contributed by atoms with Crippen molar-refractivity contribution in [2.45, 2.75) is 19.9 Å². The topological polar surface area (TPSA) is 64.9 Å². The first kappa shape index (κ1) is 12.3. The van der Waals surface area contributed by atoms with Crippen molar-refractivity contribution in [2.24, 2.45) is 11.7 Å². The van der Waals surface area contributed by atoms with E-state index in [0.29, 0.717) is 11.7 Å². The van der Waals surface area contributed by atoms with Gasteiger partial charge in [0.15, 0.2) is 0 Å². The Kier molecular flexibility index (Phi) is 3.59. The minimum Gasteiger partial charge on any atom is -0.337 e. The fourth-order valence-electron chi connectivity index (χ4n) is 1.37. The minimum absolute atomic E-state index is 0.216. The molecule has 0 aliphatic carbocycles. The average molecular weight is 296 g/mol. The van der Waals surface area contributed by atoms with Gasteiger partial charge in [-0.3, -0.25) is 0 Å². The Balaban J connectivity index is 2.26. The first-order valence-corrected chi connectivity index (χ1v) is 6.22. The molecular formula is C12H14BrN3O. The third-order valence-corrected chi connectivity index (χ3v) is 3.08. The van der Waals surface area contributed by atoms with E-state index >= 15 is 0 Å². The molecule has 1 atom stereocenters. The summed E-state index contributed by atoms with van der Waals surface area (Å²) in [5.74, 6) is 1.33. The number of benzene rings is 1. The van der Waals surface area contributed by atoms with Crippen molar-refractivity contribution in [3.63, 3.8) is 0 Å². The molecule has 0 aliphatic heterocycles. The Morgan fingerprint density at radius 1 is 1.24 bits per heavy atom. The van der Waals surface area contributed by atoms with Crippen LogP contribution >= 0.6 is 15.9 Å². The van der Waals surface area contributed by atoms with Gasteiger partial charge in [-0.15, -0.1) is 0 Å². The summed E-state index contributed by atoms with van der Waals surface area (Å²) in [6.45, 7) is 4.04. The molecule has 0 unspecified atom stereocenters. The van der Waals surface area contributed by atoms with Gasteiger partial charge in [0.1, 0.15) is 0 Å². The quantitative estimate of drug-likeness (QED) is 0.945. The van der Waals surface area contributed by atoms with Crippen molar-refractivity contribution >= 4 is 15.9 Å². The van der Waals surface area contributed by atoms with E-state index in [1.165, 1.54) is 0 Å². The molecule has 17 heavy (non-hydrogen) atoms. The molecule has 0 spiro atoms. The van der Waals surface area contributed by atoms with Crippen molar-refractivity contribution in [3.8, 4) is 11.4 Å². The van der Waals surface area contributed by atoms with Crippen LogP contribution in [0.1, 0.15) is 25.8 Å².